The average molecular weight is 408 g/mol. The molecule has 3 N–H and O–H groups in total. The molecule has 0 aliphatic carbocycles. The number of alkyl halides is 2. The Bertz CT molecular complexity index is 961. The molecule has 29 heavy (non-hydrogen) atoms. The molecule has 1 atom stereocenters. The molecule has 0 spiro atoms. The second-order valence-corrected chi connectivity index (χ2v) is 7.29. The summed E-state index contributed by atoms with van der Waals surface area (Å²) in [7, 11) is -1.73. The lowest BCUT2D eigenvalue weighted by atomic mass is 9.76. The molecule has 2 aliphatic heterocycles. The van der Waals surface area contributed by atoms with Gasteiger partial charge in [0.25, 0.3) is 11.8 Å². The lowest BCUT2D eigenvalue weighted by Gasteiger charge is -2.43. The molecule has 0 saturated carbocycles. The van der Waals surface area contributed by atoms with E-state index in [0.717, 1.165) is 6.07 Å². The monoisotopic (exact) mass is 408 g/mol. The molecule has 0 aromatic heterocycles. The van der Waals surface area contributed by atoms with Crippen molar-refractivity contribution in [1.82, 2.24) is 4.90 Å². The van der Waals surface area contributed by atoms with Crippen molar-refractivity contribution >= 4 is 24.2 Å². The average Bonchev–Trinajstić information content (AvgIpc) is 2.98. The maximum absolute atomic E-state index is 14.4. The maximum atomic E-state index is 14.4. The Morgan fingerprint density at radius 3 is 2.21 bits per heavy atom. The van der Waals surface area contributed by atoms with Crippen LogP contribution in [0.4, 0.5) is 23.2 Å². The van der Waals surface area contributed by atoms with Crippen LogP contribution in [-0.4, -0.2) is 47.0 Å². The predicted molar refractivity (Wildman–Crippen MR) is 97.8 cm³/mol. The highest BCUT2D eigenvalue weighted by Gasteiger charge is 2.55. The van der Waals surface area contributed by atoms with Gasteiger partial charge in [0.15, 0.2) is 17.2 Å². The van der Waals surface area contributed by atoms with Crippen molar-refractivity contribution in [3.63, 3.8) is 0 Å². The van der Waals surface area contributed by atoms with E-state index in [0.29, 0.717) is 5.56 Å². The van der Waals surface area contributed by atoms with Gasteiger partial charge in [-0.2, -0.15) is 0 Å². The van der Waals surface area contributed by atoms with Crippen LogP contribution in [0.1, 0.15) is 24.0 Å². The normalized spacial score (nSPS) is 23.6. The first kappa shape index (κ1) is 19.9. The van der Waals surface area contributed by atoms with Gasteiger partial charge in [0.2, 0.25) is 0 Å². The molecule has 2 aliphatic rings. The summed E-state index contributed by atoms with van der Waals surface area (Å²) >= 11 is 0. The van der Waals surface area contributed by atoms with Crippen molar-refractivity contribution in [2.24, 2.45) is 0 Å². The molecular weight excluding hydrogens is 391 g/mol. The molecular formula is C19H17BF4N2O3. The maximum Gasteiger partial charge on any atom is 0.488 e. The van der Waals surface area contributed by atoms with Crippen LogP contribution in [0, 0.1) is 11.6 Å². The Labute approximate surface area is 164 Å². The molecule has 152 valence electrons. The number of hydrogen-bond donors (Lipinski definition) is 3. The number of likely N-dealkylation sites (tertiary alicyclic amines) is 1. The van der Waals surface area contributed by atoms with Gasteiger partial charge >= 0.3 is 7.12 Å². The van der Waals surface area contributed by atoms with Crippen LogP contribution in [0.2, 0.25) is 0 Å². The second kappa shape index (κ2) is 6.82. The number of hydrogen-bond acceptors (Lipinski definition) is 4. The van der Waals surface area contributed by atoms with E-state index in [9.17, 15) is 32.4 Å². The number of piperidine rings is 1. The third kappa shape index (κ3) is 3.02. The van der Waals surface area contributed by atoms with Gasteiger partial charge in [0.05, 0.1) is 5.69 Å². The standard InChI is InChI=1S/C19H17BF4N2O3/c21-14-6-5-13-16(15(14)22)25-17(27)19(13,26-9-7-18(23,24)8-10-26)11-1-3-12(4-2-11)20(28)29/h1-6,28-29H,7-10H2,(H,25,27). The smallest absolute Gasteiger partial charge is 0.423 e. The largest absolute Gasteiger partial charge is 0.488 e. The number of nitrogens with zero attached hydrogens (tertiary/aromatic N) is 1. The molecule has 10 heteroatoms. The van der Waals surface area contributed by atoms with E-state index in [-0.39, 0.29) is 29.8 Å². The van der Waals surface area contributed by atoms with Gasteiger partial charge in [-0.1, -0.05) is 30.3 Å². The summed E-state index contributed by atoms with van der Waals surface area (Å²) in [5, 5.41) is 21.0. The zero-order chi connectivity index (χ0) is 21.0. The van der Waals surface area contributed by atoms with Gasteiger partial charge in [-0.3, -0.25) is 9.69 Å². The van der Waals surface area contributed by atoms with E-state index in [1.807, 2.05) is 0 Å². The number of benzene rings is 2. The Kier molecular flexibility index (Phi) is 4.68. The molecule has 5 nitrogen and oxygen atoms in total. The first-order valence-electron chi connectivity index (χ1n) is 9.06. The minimum atomic E-state index is -2.87. The van der Waals surface area contributed by atoms with Crippen LogP contribution in [0.25, 0.3) is 0 Å². The van der Waals surface area contributed by atoms with Gasteiger partial charge in [0, 0.05) is 31.5 Å². The summed E-state index contributed by atoms with van der Waals surface area (Å²) in [6.45, 7) is -0.271. The molecule has 2 aromatic rings. The number of carbonyl (C=O) groups is 1. The van der Waals surface area contributed by atoms with Crippen molar-refractivity contribution in [3.05, 3.63) is 59.2 Å². The SMILES string of the molecule is O=C1Nc2c(ccc(F)c2F)C1(c1ccc(B(O)O)cc1)N1CCC(F)(F)CC1. The van der Waals surface area contributed by atoms with Crippen molar-refractivity contribution in [3.8, 4) is 0 Å². The second-order valence-electron chi connectivity index (χ2n) is 7.29. The minimum absolute atomic E-state index is 0.129. The number of nitrogens with one attached hydrogen (secondary N) is 1. The fourth-order valence-corrected chi connectivity index (χ4v) is 4.15. The third-order valence-electron chi connectivity index (χ3n) is 5.65. The zero-order valence-corrected chi connectivity index (χ0v) is 15.1. The topological polar surface area (TPSA) is 72.8 Å². The van der Waals surface area contributed by atoms with Gasteiger partial charge in [-0.05, 0) is 17.1 Å². The molecule has 0 radical (unpaired) electrons. The molecule has 1 fully saturated rings. The van der Waals surface area contributed by atoms with Gasteiger partial charge in [0.1, 0.15) is 0 Å². The first-order valence-corrected chi connectivity index (χ1v) is 9.06. The highest BCUT2D eigenvalue weighted by atomic mass is 19.3. The Morgan fingerprint density at radius 1 is 1.00 bits per heavy atom. The minimum Gasteiger partial charge on any atom is -0.423 e. The molecule has 0 bridgehead atoms. The van der Waals surface area contributed by atoms with E-state index in [1.165, 1.54) is 35.2 Å². The lowest BCUT2D eigenvalue weighted by molar-refractivity contribution is -0.130. The van der Waals surface area contributed by atoms with E-state index >= 15 is 0 Å². The van der Waals surface area contributed by atoms with Crippen LogP contribution < -0.4 is 10.8 Å². The third-order valence-corrected chi connectivity index (χ3v) is 5.65. The van der Waals surface area contributed by atoms with Crippen LogP contribution >= 0.6 is 0 Å². The molecule has 1 unspecified atom stereocenters. The summed E-state index contributed by atoms with van der Waals surface area (Å²) < 4.78 is 55.7. The number of fused-ring (bicyclic) bond motifs is 1. The number of amides is 1. The molecule has 1 saturated heterocycles. The van der Waals surface area contributed by atoms with E-state index < -0.39 is 49.0 Å². The van der Waals surface area contributed by atoms with E-state index in [4.69, 9.17) is 0 Å². The predicted octanol–water partition coefficient (Wildman–Crippen LogP) is 1.57. The zero-order valence-electron chi connectivity index (χ0n) is 15.1. The van der Waals surface area contributed by atoms with Crippen molar-refractivity contribution in [2.75, 3.05) is 18.4 Å². The summed E-state index contributed by atoms with van der Waals surface area (Å²) in [6, 6.07) is 7.84. The van der Waals surface area contributed by atoms with Crippen LogP contribution in [0.15, 0.2) is 36.4 Å². The number of carbonyl (C=O) groups excluding carboxylic acids is 1. The van der Waals surface area contributed by atoms with Crippen molar-refractivity contribution in [1.29, 1.82) is 0 Å². The van der Waals surface area contributed by atoms with Crippen molar-refractivity contribution in [2.45, 2.75) is 24.3 Å². The van der Waals surface area contributed by atoms with E-state index in [1.54, 1.807) is 0 Å². The fourth-order valence-electron chi connectivity index (χ4n) is 4.15. The summed E-state index contributed by atoms with van der Waals surface area (Å²) in [5.41, 5.74) is -1.34. The molecule has 1 amide bonds. The lowest BCUT2D eigenvalue weighted by Crippen LogP contribution is -2.56. The highest BCUT2D eigenvalue weighted by molar-refractivity contribution is 6.58. The first-order chi connectivity index (χ1) is 13.7. The van der Waals surface area contributed by atoms with E-state index in [2.05, 4.69) is 5.32 Å². The summed E-state index contributed by atoms with van der Waals surface area (Å²) in [6.07, 6.45) is -0.955. The summed E-state index contributed by atoms with van der Waals surface area (Å²) in [4.78, 5) is 14.7. The quantitative estimate of drug-likeness (QED) is 0.533. The number of rotatable bonds is 3. The van der Waals surface area contributed by atoms with Crippen molar-refractivity contribution < 1.29 is 32.4 Å². The Hall–Kier alpha value is -2.43. The highest BCUT2D eigenvalue weighted by Crippen LogP contribution is 2.48. The fraction of sp³-hybridized carbons (Fsp3) is 0.316. The van der Waals surface area contributed by atoms with Crippen LogP contribution in [0.3, 0.4) is 0 Å². The van der Waals surface area contributed by atoms with Crippen LogP contribution in [-0.2, 0) is 10.3 Å². The molecule has 2 aromatic carbocycles. The number of anilines is 1. The number of halogens is 4. The van der Waals surface area contributed by atoms with Gasteiger partial charge in [-0.15, -0.1) is 0 Å². The van der Waals surface area contributed by atoms with Crippen LogP contribution in [0.5, 0.6) is 0 Å². The molecule has 2 heterocycles. The van der Waals surface area contributed by atoms with Gasteiger partial charge in [-0.25, -0.2) is 17.6 Å². The Balaban J connectivity index is 1.90. The molecule has 4 rings (SSSR count). The summed E-state index contributed by atoms with van der Waals surface area (Å²) in [5.74, 6) is -5.90. The Morgan fingerprint density at radius 2 is 1.62 bits per heavy atom. The van der Waals surface area contributed by atoms with Gasteiger partial charge < -0.3 is 15.4 Å².